The molecular formula is C22H25NO4. The maximum Gasteiger partial charge on any atom is 0.253 e. The van der Waals surface area contributed by atoms with Gasteiger partial charge >= 0.3 is 0 Å². The molecule has 0 radical (unpaired) electrons. The molecule has 0 aliphatic heterocycles. The molecule has 0 spiro atoms. The van der Waals surface area contributed by atoms with E-state index in [0.717, 1.165) is 5.56 Å². The predicted molar refractivity (Wildman–Crippen MR) is 107 cm³/mol. The maximum atomic E-state index is 12.5. The van der Waals surface area contributed by atoms with E-state index >= 15 is 0 Å². The van der Waals surface area contributed by atoms with Crippen molar-refractivity contribution in [2.24, 2.45) is 0 Å². The largest absolute Gasteiger partial charge is 0.493 e. The minimum absolute atomic E-state index is 0.100. The quantitative estimate of drug-likeness (QED) is 0.521. The van der Waals surface area contributed by atoms with Gasteiger partial charge in [-0.25, -0.2) is 0 Å². The van der Waals surface area contributed by atoms with Crippen molar-refractivity contribution in [2.75, 3.05) is 27.3 Å². The van der Waals surface area contributed by atoms with Gasteiger partial charge in [0.15, 0.2) is 5.78 Å². The maximum absolute atomic E-state index is 12.5. The van der Waals surface area contributed by atoms with Gasteiger partial charge in [0.2, 0.25) is 0 Å². The summed E-state index contributed by atoms with van der Waals surface area (Å²) in [5, 5.41) is 0. The van der Waals surface area contributed by atoms with Crippen LogP contribution in [-0.2, 0) is 0 Å². The van der Waals surface area contributed by atoms with E-state index in [4.69, 9.17) is 9.47 Å². The number of allylic oxidation sites excluding steroid dienone is 1. The lowest BCUT2D eigenvalue weighted by molar-refractivity contribution is 0.0827. The summed E-state index contributed by atoms with van der Waals surface area (Å²) in [6.45, 7) is 4.85. The van der Waals surface area contributed by atoms with Crippen LogP contribution in [0.4, 0.5) is 0 Å². The van der Waals surface area contributed by atoms with Gasteiger partial charge in [0.1, 0.15) is 11.5 Å². The molecule has 5 heteroatoms. The molecule has 27 heavy (non-hydrogen) atoms. The van der Waals surface area contributed by atoms with Crippen LogP contribution in [0.25, 0.3) is 6.08 Å². The molecule has 1 amide bonds. The Bertz CT molecular complexity index is 798. The number of rotatable bonds is 8. The molecule has 0 saturated heterocycles. The predicted octanol–water partition coefficient (Wildman–Crippen LogP) is 4.08. The van der Waals surface area contributed by atoms with Crippen molar-refractivity contribution >= 4 is 17.8 Å². The molecule has 0 fully saturated rings. The summed E-state index contributed by atoms with van der Waals surface area (Å²) in [5.74, 6) is 1.07. The molecule has 0 unspecified atom stereocenters. The van der Waals surface area contributed by atoms with E-state index in [2.05, 4.69) is 0 Å². The van der Waals surface area contributed by atoms with E-state index in [9.17, 15) is 9.59 Å². The summed E-state index contributed by atoms with van der Waals surface area (Å²) in [4.78, 5) is 25.9. The first kappa shape index (κ1) is 20.2. The van der Waals surface area contributed by atoms with Crippen molar-refractivity contribution in [2.45, 2.75) is 13.8 Å². The van der Waals surface area contributed by atoms with Gasteiger partial charge in [0, 0.05) is 25.2 Å². The zero-order valence-corrected chi connectivity index (χ0v) is 16.2. The van der Waals surface area contributed by atoms with Crippen molar-refractivity contribution in [3.63, 3.8) is 0 Å². The second-order valence-electron chi connectivity index (χ2n) is 6.01. The van der Waals surface area contributed by atoms with Crippen LogP contribution in [-0.4, -0.2) is 43.9 Å². The highest BCUT2D eigenvalue weighted by Crippen LogP contribution is 2.30. The van der Waals surface area contributed by atoms with E-state index in [1.165, 1.54) is 11.0 Å². The normalized spacial score (nSPS) is 10.7. The number of ketones is 1. The van der Waals surface area contributed by atoms with Crippen LogP contribution >= 0.6 is 0 Å². The number of ether oxygens (including phenoxy) is 2. The van der Waals surface area contributed by atoms with Crippen molar-refractivity contribution in [1.82, 2.24) is 4.90 Å². The average Bonchev–Trinajstić information content (AvgIpc) is 2.67. The summed E-state index contributed by atoms with van der Waals surface area (Å²) in [7, 11) is 3.38. The van der Waals surface area contributed by atoms with Crippen molar-refractivity contribution < 1.29 is 19.1 Å². The molecule has 5 nitrogen and oxygen atoms in total. The van der Waals surface area contributed by atoms with Gasteiger partial charge in [0.05, 0.1) is 18.8 Å². The standard InChI is InChI=1S/C22H25NO4/c1-5-26-20-8-7-9-21(27-6-2)18(20)14-15-19(24)16-10-12-17(13-11-16)22(25)23(3)4/h7-15H,5-6H2,1-4H3/b15-14+. The molecule has 0 heterocycles. The topological polar surface area (TPSA) is 55.8 Å². The van der Waals surface area contributed by atoms with E-state index in [1.54, 1.807) is 44.4 Å². The Morgan fingerprint density at radius 1 is 0.889 bits per heavy atom. The third-order valence-electron chi connectivity index (χ3n) is 3.85. The fourth-order valence-corrected chi connectivity index (χ4v) is 2.54. The first-order chi connectivity index (χ1) is 13.0. The van der Waals surface area contributed by atoms with Crippen LogP contribution in [0, 0.1) is 0 Å². The van der Waals surface area contributed by atoms with Crippen LogP contribution in [0.2, 0.25) is 0 Å². The number of hydrogen-bond acceptors (Lipinski definition) is 4. The Morgan fingerprint density at radius 2 is 1.41 bits per heavy atom. The van der Waals surface area contributed by atoms with E-state index in [-0.39, 0.29) is 11.7 Å². The van der Waals surface area contributed by atoms with Gasteiger partial charge in [0.25, 0.3) is 5.91 Å². The number of nitrogens with zero attached hydrogens (tertiary/aromatic N) is 1. The van der Waals surface area contributed by atoms with Gasteiger partial charge in [-0.05, 0) is 50.3 Å². The number of carbonyl (C=O) groups excluding carboxylic acids is 2. The summed E-state index contributed by atoms with van der Waals surface area (Å²) >= 11 is 0. The fourth-order valence-electron chi connectivity index (χ4n) is 2.54. The van der Waals surface area contributed by atoms with Crippen molar-refractivity contribution in [3.05, 3.63) is 65.2 Å². The van der Waals surface area contributed by atoms with Crippen LogP contribution < -0.4 is 9.47 Å². The fraction of sp³-hybridized carbons (Fsp3) is 0.273. The number of hydrogen-bond donors (Lipinski definition) is 0. The first-order valence-electron chi connectivity index (χ1n) is 8.90. The lowest BCUT2D eigenvalue weighted by Crippen LogP contribution is -2.21. The van der Waals surface area contributed by atoms with Crippen LogP contribution in [0.15, 0.2) is 48.5 Å². The molecule has 0 bridgehead atoms. The Hall–Kier alpha value is -3.08. The molecule has 0 N–H and O–H groups in total. The molecule has 0 saturated carbocycles. The molecule has 2 aromatic rings. The molecule has 2 rings (SSSR count). The van der Waals surface area contributed by atoms with Crippen LogP contribution in [0.3, 0.4) is 0 Å². The molecule has 142 valence electrons. The van der Waals surface area contributed by atoms with Crippen molar-refractivity contribution in [3.8, 4) is 11.5 Å². The molecule has 2 aromatic carbocycles. The zero-order valence-electron chi connectivity index (χ0n) is 16.2. The second kappa shape index (κ2) is 9.57. The first-order valence-corrected chi connectivity index (χ1v) is 8.90. The Morgan fingerprint density at radius 3 is 1.89 bits per heavy atom. The van der Waals surface area contributed by atoms with Gasteiger partial charge < -0.3 is 14.4 Å². The third kappa shape index (κ3) is 5.20. The lowest BCUT2D eigenvalue weighted by atomic mass is 10.1. The Balaban J connectivity index is 2.25. The number of carbonyl (C=O) groups is 2. The Labute approximate surface area is 160 Å². The van der Waals surface area contributed by atoms with E-state index < -0.39 is 0 Å². The highest BCUT2D eigenvalue weighted by molar-refractivity contribution is 6.07. The summed E-state index contributed by atoms with van der Waals surface area (Å²) in [6.07, 6.45) is 3.19. The van der Waals surface area contributed by atoms with Gasteiger partial charge in [-0.3, -0.25) is 9.59 Å². The second-order valence-corrected chi connectivity index (χ2v) is 6.01. The van der Waals surface area contributed by atoms with Gasteiger partial charge in [-0.1, -0.05) is 18.2 Å². The van der Waals surface area contributed by atoms with E-state index in [1.807, 2.05) is 32.0 Å². The smallest absolute Gasteiger partial charge is 0.253 e. The molecular weight excluding hydrogens is 342 g/mol. The highest BCUT2D eigenvalue weighted by atomic mass is 16.5. The van der Waals surface area contributed by atoms with Crippen LogP contribution in [0.1, 0.15) is 40.1 Å². The number of amides is 1. The zero-order chi connectivity index (χ0) is 19.8. The van der Waals surface area contributed by atoms with Gasteiger partial charge in [-0.2, -0.15) is 0 Å². The number of benzene rings is 2. The van der Waals surface area contributed by atoms with E-state index in [0.29, 0.717) is 35.8 Å². The third-order valence-corrected chi connectivity index (χ3v) is 3.85. The minimum atomic E-state index is -0.160. The average molecular weight is 367 g/mol. The molecule has 0 aromatic heterocycles. The molecule has 0 atom stereocenters. The summed E-state index contributed by atoms with van der Waals surface area (Å²) in [6, 6.07) is 12.2. The molecule has 0 aliphatic carbocycles. The van der Waals surface area contributed by atoms with Crippen molar-refractivity contribution in [1.29, 1.82) is 0 Å². The van der Waals surface area contributed by atoms with Gasteiger partial charge in [-0.15, -0.1) is 0 Å². The lowest BCUT2D eigenvalue weighted by Gasteiger charge is -2.12. The highest BCUT2D eigenvalue weighted by Gasteiger charge is 2.11. The summed E-state index contributed by atoms with van der Waals surface area (Å²) < 4.78 is 11.3. The summed E-state index contributed by atoms with van der Waals surface area (Å²) in [5.41, 5.74) is 1.78. The molecule has 0 aliphatic rings. The Kier molecular flexibility index (Phi) is 7.17. The van der Waals surface area contributed by atoms with Crippen LogP contribution in [0.5, 0.6) is 11.5 Å². The monoisotopic (exact) mass is 367 g/mol. The minimum Gasteiger partial charge on any atom is -0.493 e. The SMILES string of the molecule is CCOc1cccc(OCC)c1/C=C/C(=O)c1ccc(C(=O)N(C)C)cc1.